The molecule has 0 atom stereocenters. The first-order valence-electron chi connectivity index (χ1n) is 3.33. The molecule has 1 rings (SSSR count). The zero-order valence-corrected chi connectivity index (χ0v) is 9.27. The van der Waals surface area contributed by atoms with Gasteiger partial charge in [0.2, 0.25) is 0 Å². The van der Waals surface area contributed by atoms with E-state index < -0.39 is 0 Å². The fourth-order valence-corrected chi connectivity index (χ4v) is 0.874. The third-order valence-electron chi connectivity index (χ3n) is 1.53. The molecule has 0 aliphatic heterocycles. The van der Waals surface area contributed by atoms with Crippen LogP contribution < -0.4 is 0 Å². The second kappa shape index (κ2) is 3.57. The summed E-state index contributed by atoms with van der Waals surface area (Å²) in [6.45, 7) is 6.67. The molecule has 0 N–H and O–H groups in total. The molecule has 0 aliphatic carbocycles. The van der Waals surface area contributed by atoms with Gasteiger partial charge in [-0.2, -0.15) is 17.7 Å². The van der Waals surface area contributed by atoms with Crippen molar-refractivity contribution in [2.75, 3.05) is 0 Å². The molecule has 1 aromatic rings. The van der Waals surface area contributed by atoms with E-state index in [2.05, 4.69) is 45.0 Å². The normalized spacial score (nSPS) is 10.7. The van der Waals surface area contributed by atoms with Crippen molar-refractivity contribution in [2.24, 2.45) is 0 Å². The first-order chi connectivity index (χ1) is 4.11. The van der Waals surface area contributed by atoms with Crippen molar-refractivity contribution in [3.05, 3.63) is 29.8 Å². The van der Waals surface area contributed by atoms with E-state index in [4.69, 9.17) is 0 Å². The molecule has 0 aromatic heterocycles. The van der Waals surface area contributed by atoms with Crippen molar-refractivity contribution in [2.45, 2.75) is 26.2 Å². The monoisotopic (exact) mass is 211 g/mol. The van der Waals surface area contributed by atoms with E-state index in [0.717, 1.165) is 0 Å². The Labute approximate surface area is 82.1 Å². The van der Waals surface area contributed by atoms with E-state index in [-0.39, 0.29) is 26.2 Å². The van der Waals surface area contributed by atoms with Crippen molar-refractivity contribution in [1.82, 2.24) is 0 Å². The summed E-state index contributed by atoms with van der Waals surface area (Å²) in [4.78, 5) is 0. The number of rotatable bonds is 0. The van der Waals surface area contributed by atoms with Crippen LogP contribution in [0, 0.1) is 0 Å². The topological polar surface area (TPSA) is 0 Å². The van der Waals surface area contributed by atoms with Gasteiger partial charge in [0.25, 0.3) is 0 Å². The maximum absolute atomic E-state index is 2.22. The molecule has 0 saturated heterocycles. The summed E-state index contributed by atoms with van der Waals surface area (Å²) in [5, 5.41) is 0. The van der Waals surface area contributed by atoms with Gasteiger partial charge in [-0.1, -0.05) is 26.2 Å². The van der Waals surface area contributed by atoms with Gasteiger partial charge >= 0.3 is 0 Å². The first-order valence-corrected chi connectivity index (χ1v) is 3.33. The van der Waals surface area contributed by atoms with E-state index in [1.54, 1.807) is 0 Å². The van der Waals surface area contributed by atoms with E-state index in [1.165, 1.54) is 5.56 Å². The Morgan fingerprint density at radius 3 is 1.60 bits per heavy atom. The Balaban J connectivity index is 0.000000810. The van der Waals surface area contributed by atoms with Crippen LogP contribution >= 0.6 is 0 Å². The van der Waals surface area contributed by atoms with Gasteiger partial charge in [0.15, 0.2) is 0 Å². The van der Waals surface area contributed by atoms with Crippen LogP contribution in [0.25, 0.3) is 0 Å². The smallest absolute Gasteiger partial charge is 0 e. The van der Waals surface area contributed by atoms with Crippen molar-refractivity contribution in [3.63, 3.8) is 0 Å². The van der Waals surface area contributed by atoms with Crippen LogP contribution in [0.5, 0.6) is 0 Å². The largest absolute Gasteiger partial charge is 0.213 e. The molecule has 1 heteroatoms. The molecule has 10 heavy (non-hydrogen) atoms. The fourth-order valence-electron chi connectivity index (χ4n) is 0.874. The molecule has 0 aliphatic rings. The van der Waals surface area contributed by atoms with E-state index in [0.29, 0.717) is 5.41 Å². The van der Waals surface area contributed by atoms with Gasteiger partial charge in [0.1, 0.15) is 0 Å². The quantitative estimate of drug-likeness (QED) is 0.580. The van der Waals surface area contributed by atoms with Gasteiger partial charge in [-0.15, -0.1) is 0 Å². The zero-order valence-electron chi connectivity index (χ0n) is 6.81. The summed E-state index contributed by atoms with van der Waals surface area (Å²) in [5.74, 6) is 0. The summed E-state index contributed by atoms with van der Waals surface area (Å²) in [6.07, 6.45) is 0. The summed E-state index contributed by atoms with van der Waals surface area (Å²) < 4.78 is 0. The summed E-state index contributed by atoms with van der Waals surface area (Å²) >= 11 is 0. The summed E-state index contributed by atoms with van der Waals surface area (Å²) in [7, 11) is 0. The minimum atomic E-state index is 0. The Bertz CT molecular complexity index is 167. The Morgan fingerprint density at radius 2 is 1.40 bits per heavy atom. The Morgan fingerprint density at radius 1 is 1.00 bits per heavy atom. The van der Waals surface area contributed by atoms with Crippen LogP contribution in [-0.4, -0.2) is 0 Å². The van der Waals surface area contributed by atoms with Gasteiger partial charge in [-0.05, 0) is 0 Å². The fraction of sp³-hybridized carbons (Fsp3) is 0.444. The molecular formula is C9H13Zr-. The molecule has 54 valence electrons. The van der Waals surface area contributed by atoms with Crippen LogP contribution in [0.15, 0.2) is 24.3 Å². The Kier molecular flexibility index (Phi) is 3.66. The molecule has 0 heterocycles. The van der Waals surface area contributed by atoms with Gasteiger partial charge < -0.3 is 0 Å². The van der Waals surface area contributed by atoms with Gasteiger partial charge in [-0.3, -0.25) is 0 Å². The predicted molar refractivity (Wildman–Crippen MR) is 40.7 cm³/mol. The first kappa shape index (κ1) is 10.2. The van der Waals surface area contributed by atoms with E-state index in [9.17, 15) is 0 Å². The maximum atomic E-state index is 2.22. The third kappa shape index (κ3) is 2.46. The molecule has 0 saturated carbocycles. The molecule has 0 amide bonds. The summed E-state index contributed by atoms with van der Waals surface area (Å²) in [6, 6.07) is 8.50. The SMILES string of the molecule is CC(C)(C)[c-]1cccc1.[Zr]. The number of hydrogen-bond acceptors (Lipinski definition) is 0. The van der Waals surface area contributed by atoms with E-state index >= 15 is 0 Å². The Hall–Kier alpha value is 0.233. The predicted octanol–water partition coefficient (Wildman–Crippen LogP) is 2.70. The van der Waals surface area contributed by atoms with Crippen molar-refractivity contribution < 1.29 is 26.2 Å². The average molecular weight is 212 g/mol. The minimum absolute atomic E-state index is 0. The molecule has 1 aromatic carbocycles. The molecule has 0 bridgehead atoms. The van der Waals surface area contributed by atoms with Gasteiger partial charge in [0.05, 0.1) is 0 Å². The molecule has 0 spiro atoms. The van der Waals surface area contributed by atoms with Crippen LogP contribution in [0.1, 0.15) is 26.3 Å². The third-order valence-corrected chi connectivity index (χ3v) is 1.53. The standard InChI is InChI=1S/C9H13.Zr/c1-9(2,3)8-6-4-5-7-8;/h4-7H,1-3H3;/q-1;. The molecule has 0 unspecified atom stereocenters. The van der Waals surface area contributed by atoms with Crippen molar-refractivity contribution in [3.8, 4) is 0 Å². The van der Waals surface area contributed by atoms with Crippen LogP contribution in [0.4, 0.5) is 0 Å². The zero-order chi connectivity index (χ0) is 6.91. The van der Waals surface area contributed by atoms with Gasteiger partial charge in [-0.25, -0.2) is 12.1 Å². The minimum Gasteiger partial charge on any atom is -0.213 e. The van der Waals surface area contributed by atoms with Gasteiger partial charge in [0, 0.05) is 26.2 Å². The number of hydrogen-bond donors (Lipinski definition) is 0. The van der Waals surface area contributed by atoms with Crippen molar-refractivity contribution in [1.29, 1.82) is 0 Å². The molecular weight excluding hydrogens is 199 g/mol. The second-order valence-electron chi connectivity index (χ2n) is 3.42. The molecule has 0 nitrogen and oxygen atoms in total. The van der Waals surface area contributed by atoms with E-state index in [1.807, 2.05) is 0 Å². The van der Waals surface area contributed by atoms with Crippen LogP contribution in [0.3, 0.4) is 0 Å². The van der Waals surface area contributed by atoms with Crippen LogP contribution in [0.2, 0.25) is 0 Å². The second-order valence-corrected chi connectivity index (χ2v) is 3.42. The average Bonchev–Trinajstić information content (AvgIpc) is 2.08. The summed E-state index contributed by atoms with van der Waals surface area (Å²) in [5.41, 5.74) is 1.74. The van der Waals surface area contributed by atoms with Crippen molar-refractivity contribution >= 4 is 0 Å². The van der Waals surface area contributed by atoms with Crippen LogP contribution in [-0.2, 0) is 31.6 Å². The molecule has 0 fully saturated rings. The molecule has 0 radical (unpaired) electrons. The maximum Gasteiger partial charge on any atom is 0 e.